The summed E-state index contributed by atoms with van der Waals surface area (Å²) in [6.07, 6.45) is 1.55. The average Bonchev–Trinajstić information content (AvgIpc) is 3.12. The van der Waals surface area contributed by atoms with Gasteiger partial charge in [0.05, 0.1) is 12.0 Å². The molecule has 2 aliphatic rings. The molecular weight excluding hydrogens is 366 g/mol. The van der Waals surface area contributed by atoms with Crippen LogP contribution in [-0.4, -0.2) is 34.5 Å². The van der Waals surface area contributed by atoms with Crippen molar-refractivity contribution >= 4 is 23.5 Å². The summed E-state index contributed by atoms with van der Waals surface area (Å²) in [5, 5.41) is 10.2. The Kier molecular flexibility index (Phi) is 4.79. The molecular formula is C21H20ClNO4. The zero-order chi connectivity index (χ0) is 19.0. The number of carboxylic acid groups (broad SMARTS) is 1. The van der Waals surface area contributed by atoms with Crippen LogP contribution in [0.1, 0.15) is 30.0 Å². The molecule has 1 amide bonds. The lowest BCUT2D eigenvalue weighted by atomic mass is 9.94. The fourth-order valence-electron chi connectivity index (χ4n) is 4.11. The van der Waals surface area contributed by atoms with Crippen molar-refractivity contribution in [1.29, 1.82) is 0 Å². The van der Waals surface area contributed by atoms with E-state index in [0.717, 1.165) is 16.9 Å². The highest BCUT2D eigenvalue weighted by Crippen LogP contribution is 2.41. The molecule has 2 aromatic rings. The number of halogens is 1. The summed E-state index contributed by atoms with van der Waals surface area (Å²) in [7, 11) is 0. The molecule has 1 fully saturated rings. The van der Waals surface area contributed by atoms with E-state index in [2.05, 4.69) is 0 Å². The second-order valence-electron chi connectivity index (χ2n) is 7.03. The van der Waals surface area contributed by atoms with Gasteiger partial charge in [0.15, 0.2) is 0 Å². The first-order chi connectivity index (χ1) is 13.1. The van der Waals surface area contributed by atoms with Crippen LogP contribution >= 0.6 is 11.6 Å². The first kappa shape index (κ1) is 17.9. The number of hydrogen-bond donors (Lipinski definition) is 1. The molecule has 0 aromatic heterocycles. The van der Waals surface area contributed by atoms with Crippen molar-refractivity contribution in [2.75, 3.05) is 6.61 Å². The minimum absolute atomic E-state index is 0.181. The normalized spacial score (nSPS) is 24.2. The number of ether oxygens (including phenoxy) is 1. The number of carboxylic acids is 1. The van der Waals surface area contributed by atoms with Crippen molar-refractivity contribution in [3.8, 4) is 5.75 Å². The Balaban J connectivity index is 1.64. The minimum Gasteiger partial charge on any atom is -0.492 e. The van der Waals surface area contributed by atoms with Gasteiger partial charge >= 0.3 is 5.97 Å². The fraction of sp³-hybridized carbons (Fsp3) is 0.333. The molecule has 3 unspecified atom stereocenters. The molecule has 4 rings (SSSR count). The SMILES string of the molecule is O=C(O)C1CCC(c2ccccc2Cl)N1C(=O)C1COc2ccccc2C1. The smallest absolute Gasteiger partial charge is 0.326 e. The maximum absolute atomic E-state index is 13.4. The molecule has 0 aliphatic carbocycles. The van der Waals surface area contributed by atoms with E-state index >= 15 is 0 Å². The molecule has 5 nitrogen and oxygen atoms in total. The number of benzene rings is 2. The third kappa shape index (κ3) is 3.28. The van der Waals surface area contributed by atoms with Crippen LogP contribution in [0, 0.1) is 5.92 Å². The number of fused-ring (bicyclic) bond motifs is 1. The number of likely N-dealkylation sites (tertiary alicyclic amines) is 1. The largest absolute Gasteiger partial charge is 0.492 e. The minimum atomic E-state index is -0.977. The molecule has 3 atom stereocenters. The zero-order valence-corrected chi connectivity index (χ0v) is 15.4. The molecule has 2 heterocycles. The lowest BCUT2D eigenvalue weighted by Gasteiger charge is -2.34. The second-order valence-corrected chi connectivity index (χ2v) is 7.44. The molecule has 1 saturated heterocycles. The van der Waals surface area contributed by atoms with E-state index in [1.807, 2.05) is 42.5 Å². The third-order valence-electron chi connectivity index (χ3n) is 5.42. The molecule has 27 heavy (non-hydrogen) atoms. The Hall–Kier alpha value is -2.53. The topological polar surface area (TPSA) is 66.8 Å². The molecule has 2 aliphatic heterocycles. The summed E-state index contributed by atoms with van der Waals surface area (Å²) < 4.78 is 5.76. The Morgan fingerprint density at radius 2 is 1.81 bits per heavy atom. The predicted molar refractivity (Wildman–Crippen MR) is 101 cm³/mol. The fourth-order valence-corrected chi connectivity index (χ4v) is 4.37. The lowest BCUT2D eigenvalue weighted by Crippen LogP contribution is -2.47. The summed E-state index contributed by atoms with van der Waals surface area (Å²) in [6, 6.07) is 13.8. The van der Waals surface area contributed by atoms with Crippen molar-refractivity contribution < 1.29 is 19.4 Å². The van der Waals surface area contributed by atoms with Gasteiger partial charge in [-0.2, -0.15) is 0 Å². The summed E-state index contributed by atoms with van der Waals surface area (Å²) >= 11 is 6.34. The highest BCUT2D eigenvalue weighted by atomic mass is 35.5. The van der Waals surface area contributed by atoms with Gasteiger partial charge in [-0.3, -0.25) is 4.79 Å². The summed E-state index contributed by atoms with van der Waals surface area (Å²) in [5.74, 6) is -0.764. The van der Waals surface area contributed by atoms with Gasteiger partial charge in [-0.05, 0) is 42.5 Å². The quantitative estimate of drug-likeness (QED) is 0.874. The Morgan fingerprint density at radius 3 is 2.59 bits per heavy atom. The van der Waals surface area contributed by atoms with E-state index in [4.69, 9.17) is 16.3 Å². The van der Waals surface area contributed by atoms with E-state index in [1.165, 1.54) is 4.90 Å². The van der Waals surface area contributed by atoms with Crippen LogP contribution in [-0.2, 0) is 16.0 Å². The average molecular weight is 386 g/mol. The monoisotopic (exact) mass is 385 g/mol. The number of rotatable bonds is 3. The van der Waals surface area contributed by atoms with Gasteiger partial charge in [-0.1, -0.05) is 48.0 Å². The highest BCUT2D eigenvalue weighted by molar-refractivity contribution is 6.31. The zero-order valence-electron chi connectivity index (χ0n) is 14.7. The van der Waals surface area contributed by atoms with Crippen molar-refractivity contribution in [1.82, 2.24) is 4.90 Å². The highest BCUT2D eigenvalue weighted by Gasteiger charge is 2.44. The molecule has 1 N–H and O–H groups in total. The summed E-state index contributed by atoms with van der Waals surface area (Å²) in [5.41, 5.74) is 1.77. The van der Waals surface area contributed by atoms with Crippen LogP contribution in [0.15, 0.2) is 48.5 Å². The van der Waals surface area contributed by atoms with Crippen molar-refractivity contribution in [2.24, 2.45) is 5.92 Å². The van der Waals surface area contributed by atoms with Crippen molar-refractivity contribution in [3.63, 3.8) is 0 Å². The molecule has 0 spiro atoms. The molecule has 0 radical (unpaired) electrons. The lowest BCUT2D eigenvalue weighted by molar-refractivity contribution is -0.152. The van der Waals surface area contributed by atoms with Gasteiger partial charge in [0.25, 0.3) is 0 Å². The molecule has 2 aromatic carbocycles. The van der Waals surface area contributed by atoms with Crippen LogP contribution in [0.3, 0.4) is 0 Å². The number of hydrogen-bond acceptors (Lipinski definition) is 3. The van der Waals surface area contributed by atoms with Crippen LogP contribution in [0.5, 0.6) is 5.75 Å². The summed E-state index contributed by atoms with van der Waals surface area (Å²) in [6.45, 7) is 0.258. The summed E-state index contributed by atoms with van der Waals surface area (Å²) in [4.78, 5) is 26.7. The Bertz CT molecular complexity index is 884. The van der Waals surface area contributed by atoms with Gasteiger partial charge < -0.3 is 14.7 Å². The van der Waals surface area contributed by atoms with Crippen molar-refractivity contribution in [2.45, 2.75) is 31.3 Å². The van der Waals surface area contributed by atoms with Gasteiger partial charge in [0.1, 0.15) is 18.4 Å². The number of aliphatic carboxylic acids is 1. The number of carbonyl (C=O) groups excluding carboxylic acids is 1. The van der Waals surface area contributed by atoms with E-state index in [1.54, 1.807) is 6.07 Å². The van der Waals surface area contributed by atoms with E-state index in [9.17, 15) is 14.7 Å². The molecule has 140 valence electrons. The van der Waals surface area contributed by atoms with E-state index in [-0.39, 0.29) is 18.6 Å². The number of para-hydroxylation sites is 1. The Morgan fingerprint density at radius 1 is 1.07 bits per heavy atom. The standard InChI is InChI=1S/C21H20ClNO4/c22-16-7-3-2-6-15(16)17-9-10-18(21(25)26)23(17)20(24)14-11-13-5-1-4-8-19(13)27-12-14/h1-8,14,17-18H,9-12H2,(H,25,26). The van der Waals surface area contributed by atoms with E-state index < -0.39 is 17.9 Å². The van der Waals surface area contributed by atoms with Crippen LogP contribution < -0.4 is 4.74 Å². The second kappa shape index (κ2) is 7.24. The van der Waals surface area contributed by atoms with E-state index in [0.29, 0.717) is 24.3 Å². The van der Waals surface area contributed by atoms with Crippen LogP contribution in [0.4, 0.5) is 0 Å². The van der Waals surface area contributed by atoms with Gasteiger partial charge in [-0.25, -0.2) is 4.79 Å². The Labute approximate surface area is 162 Å². The first-order valence-corrected chi connectivity index (χ1v) is 9.44. The maximum Gasteiger partial charge on any atom is 0.326 e. The van der Waals surface area contributed by atoms with Gasteiger partial charge in [0.2, 0.25) is 5.91 Å². The van der Waals surface area contributed by atoms with Crippen LogP contribution in [0.25, 0.3) is 0 Å². The molecule has 0 bridgehead atoms. The molecule has 0 saturated carbocycles. The van der Waals surface area contributed by atoms with Crippen LogP contribution in [0.2, 0.25) is 5.02 Å². The van der Waals surface area contributed by atoms with Gasteiger partial charge in [0, 0.05) is 5.02 Å². The number of carbonyl (C=O) groups is 2. The number of amides is 1. The molecule has 6 heteroatoms. The predicted octanol–water partition coefficient (Wildman–Crippen LogP) is 3.71. The van der Waals surface area contributed by atoms with Crippen molar-refractivity contribution in [3.05, 3.63) is 64.7 Å². The third-order valence-corrected chi connectivity index (χ3v) is 5.76. The van der Waals surface area contributed by atoms with Gasteiger partial charge in [-0.15, -0.1) is 0 Å². The maximum atomic E-state index is 13.4. The first-order valence-electron chi connectivity index (χ1n) is 9.06. The number of nitrogens with zero attached hydrogens (tertiary/aromatic N) is 1.